The lowest BCUT2D eigenvalue weighted by Gasteiger charge is -1.80. The Morgan fingerprint density at radius 3 is 1.08 bits per heavy atom. The van der Waals surface area contributed by atoms with Crippen LogP contribution in [-0.2, 0) is 0 Å². The molecule has 0 spiro atoms. The summed E-state index contributed by atoms with van der Waals surface area (Å²) in [4.78, 5) is 0. The molecule has 0 saturated carbocycles. The Labute approximate surface area is 80.7 Å². The fraction of sp³-hybridized carbons (Fsp3) is 0.231. The molecule has 0 heteroatoms. The standard InChI is InChI=1S/C13H16/c1-2-4-6-8-10-12-13-11-9-7-5-3-1/h1-4,7-11,13H,5-6,12H2/b3-1-,4-2+,9-7-,10-8+,13-11+. The Kier molecular flexibility index (Phi) is 5.54. The van der Waals surface area contributed by atoms with Crippen LogP contribution in [0.25, 0.3) is 0 Å². The van der Waals surface area contributed by atoms with Gasteiger partial charge in [-0.1, -0.05) is 60.8 Å². The van der Waals surface area contributed by atoms with Crippen molar-refractivity contribution in [2.24, 2.45) is 0 Å². The van der Waals surface area contributed by atoms with Crippen molar-refractivity contribution in [3.8, 4) is 0 Å². The maximum Gasteiger partial charge on any atom is -0.0163 e. The molecule has 0 aromatic carbocycles. The summed E-state index contributed by atoms with van der Waals surface area (Å²) in [5, 5.41) is 0. The van der Waals surface area contributed by atoms with Crippen LogP contribution in [0.1, 0.15) is 19.3 Å². The van der Waals surface area contributed by atoms with Crippen molar-refractivity contribution in [1.29, 1.82) is 0 Å². The second kappa shape index (κ2) is 7.35. The van der Waals surface area contributed by atoms with Gasteiger partial charge in [-0.25, -0.2) is 0 Å². The summed E-state index contributed by atoms with van der Waals surface area (Å²) in [7, 11) is 0. The molecule has 0 aliphatic heterocycles. The molecule has 0 nitrogen and oxygen atoms in total. The Morgan fingerprint density at radius 2 is 0.692 bits per heavy atom. The molecule has 1 aliphatic rings. The number of rotatable bonds is 0. The van der Waals surface area contributed by atoms with Gasteiger partial charge in [0.15, 0.2) is 0 Å². The van der Waals surface area contributed by atoms with E-state index in [0.717, 1.165) is 19.3 Å². The lowest BCUT2D eigenvalue weighted by atomic mass is 10.3. The van der Waals surface area contributed by atoms with Gasteiger partial charge in [-0.2, -0.15) is 0 Å². The summed E-state index contributed by atoms with van der Waals surface area (Å²) in [6, 6.07) is 0. The third-order valence-electron chi connectivity index (χ3n) is 1.75. The highest BCUT2D eigenvalue weighted by Gasteiger charge is 1.74. The van der Waals surface area contributed by atoms with Crippen molar-refractivity contribution >= 4 is 0 Å². The fourth-order valence-electron chi connectivity index (χ4n) is 1.06. The van der Waals surface area contributed by atoms with Gasteiger partial charge in [0.05, 0.1) is 0 Å². The van der Waals surface area contributed by atoms with Crippen molar-refractivity contribution in [2.45, 2.75) is 19.3 Å². The van der Waals surface area contributed by atoms with Crippen LogP contribution in [0.3, 0.4) is 0 Å². The van der Waals surface area contributed by atoms with Crippen LogP contribution < -0.4 is 0 Å². The maximum absolute atomic E-state index is 2.19. The van der Waals surface area contributed by atoms with Crippen LogP contribution in [-0.4, -0.2) is 0 Å². The van der Waals surface area contributed by atoms with Crippen LogP contribution in [0.4, 0.5) is 0 Å². The van der Waals surface area contributed by atoms with Crippen LogP contribution in [0.15, 0.2) is 60.8 Å². The van der Waals surface area contributed by atoms with E-state index >= 15 is 0 Å². The highest BCUT2D eigenvalue weighted by Crippen LogP contribution is 1.95. The summed E-state index contributed by atoms with van der Waals surface area (Å²) in [6.07, 6.45) is 24.5. The number of allylic oxidation sites excluding steroid dienone is 10. The molecule has 0 N–H and O–H groups in total. The van der Waals surface area contributed by atoms with E-state index in [1.165, 1.54) is 0 Å². The first-order valence-corrected chi connectivity index (χ1v) is 4.78. The maximum atomic E-state index is 2.19. The van der Waals surface area contributed by atoms with Crippen LogP contribution in [0.2, 0.25) is 0 Å². The van der Waals surface area contributed by atoms with Gasteiger partial charge in [0.1, 0.15) is 0 Å². The molecule has 0 saturated heterocycles. The zero-order chi connectivity index (χ0) is 9.19. The largest absolute Gasteiger partial charge is 0.0844 e. The Bertz CT molecular complexity index is 223. The summed E-state index contributed by atoms with van der Waals surface area (Å²) >= 11 is 0. The van der Waals surface area contributed by atoms with E-state index in [4.69, 9.17) is 0 Å². The topological polar surface area (TPSA) is 0 Å². The molecule has 0 aromatic heterocycles. The van der Waals surface area contributed by atoms with Gasteiger partial charge in [-0.05, 0) is 19.3 Å². The van der Waals surface area contributed by atoms with E-state index in [1.54, 1.807) is 0 Å². The summed E-state index contributed by atoms with van der Waals surface area (Å²) in [6.45, 7) is 0. The molecule has 0 radical (unpaired) electrons. The molecule has 0 atom stereocenters. The zero-order valence-electron chi connectivity index (χ0n) is 7.89. The van der Waals surface area contributed by atoms with E-state index < -0.39 is 0 Å². The van der Waals surface area contributed by atoms with E-state index in [9.17, 15) is 0 Å². The summed E-state index contributed by atoms with van der Waals surface area (Å²) in [5.74, 6) is 0. The minimum atomic E-state index is 1.02. The quantitative estimate of drug-likeness (QED) is 0.485. The first kappa shape index (κ1) is 9.79. The molecule has 0 unspecified atom stereocenters. The fourth-order valence-corrected chi connectivity index (χ4v) is 1.06. The minimum Gasteiger partial charge on any atom is -0.0844 e. The number of hydrogen-bond acceptors (Lipinski definition) is 0. The molecule has 13 heavy (non-hydrogen) atoms. The molecule has 1 aliphatic carbocycles. The zero-order valence-corrected chi connectivity index (χ0v) is 7.89. The minimum absolute atomic E-state index is 1.02. The molecular formula is C13H16. The second-order valence-corrected chi connectivity index (χ2v) is 2.89. The van der Waals surface area contributed by atoms with Crippen molar-refractivity contribution < 1.29 is 0 Å². The highest BCUT2D eigenvalue weighted by molar-refractivity contribution is 5.11. The van der Waals surface area contributed by atoms with E-state index in [0.29, 0.717) is 0 Å². The Hall–Kier alpha value is -1.30. The predicted molar refractivity (Wildman–Crippen MR) is 59.6 cm³/mol. The lowest BCUT2D eigenvalue weighted by molar-refractivity contribution is 1.31. The van der Waals surface area contributed by atoms with Gasteiger partial charge >= 0.3 is 0 Å². The molecule has 0 aromatic rings. The van der Waals surface area contributed by atoms with Gasteiger partial charge in [0.2, 0.25) is 0 Å². The average molecular weight is 172 g/mol. The Balaban J connectivity index is 2.49. The highest BCUT2D eigenvalue weighted by atomic mass is 13.8. The second-order valence-electron chi connectivity index (χ2n) is 2.89. The third-order valence-corrected chi connectivity index (χ3v) is 1.75. The van der Waals surface area contributed by atoms with Gasteiger partial charge in [0.25, 0.3) is 0 Å². The molecule has 68 valence electrons. The van der Waals surface area contributed by atoms with Gasteiger partial charge < -0.3 is 0 Å². The van der Waals surface area contributed by atoms with E-state index in [-0.39, 0.29) is 0 Å². The SMILES string of the molecule is C1=C\C/C=C\C=C\C/C=C/C/C=C/1. The lowest BCUT2D eigenvalue weighted by Crippen LogP contribution is -1.59. The van der Waals surface area contributed by atoms with Crippen molar-refractivity contribution in [3.05, 3.63) is 60.8 Å². The molecule has 0 bridgehead atoms. The average Bonchev–Trinajstić information content (AvgIpc) is 2.18. The van der Waals surface area contributed by atoms with Gasteiger partial charge in [-0.3, -0.25) is 0 Å². The molecule has 0 amide bonds. The van der Waals surface area contributed by atoms with Crippen molar-refractivity contribution in [1.82, 2.24) is 0 Å². The molecule has 1 rings (SSSR count). The smallest absolute Gasteiger partial charge is 0.0163 e. The van der Waals surface area contributed by atoms with Crippen molar-refractivity contribution in [2.75, 3.05) is 0 Å². The van der Waals surface area contributed by atoms with E-state index in [1.807, 2.05) is 0 Å². The normalized spacial score (nSPS) is 30.2. The first-order valence-electron chi connectivity index (χ1n) is 4.78. The van der Waals surface area contributed by atoms with Crippen molar-refractivity contribution in [3.63, 3.8) is 0 Å². The first-order chi connectivity index (χ1) is 6.50. The number of hydrogen-bond donors (Lipinski definition) is 0. The van der Waals surface area contributed by atoms with Crippen LogP contribution in [0, 0.1) is 0 Å². The van der Waals surface area contributed by atoms with E-state index in [2.05, 4.69) is 60.8 Å². The third kappa shape index (κ3) is 5.92. The van der Waals surface area contributed by atoms with Crippen LogP contribution in [0.5, 0.6) is 0 Å². The van der Waals surface area contributed by atoms with Gasteiger partial charge in [-0.15, -0.1) is 0 Å². The molecule has 0 fully saturated rings. The molecular weight excluding hydrogens is 156 g/mol. The Morgan fingerprint density at radius 1 is 0.385 bits per heavy atom. The molecule has 0 heterocycles. The van der Waals surface area contributed by atoms with Crippen LogP contribution >= 0.6 is 0 Å². The van der Waals surface area contributed by atoms with Gasteiger partial charge in [0, 0.05) is 0 Å². The summed E-state index contributed by atoms with van der Waals surface area (Å²) in [5.41, 5.74) is 0. The summed E-state index contributed by atoms with van der Waals surface area (Å²) < 4.78 is 0. The predicted octanol–water partition coefficient (Wildman–Crippen LogP) is 3.95. The monoisotopic (exact) mass is 172 g/mol.